The topological polar surface area (TPSA) is 87.2 Å². The summed E-state index contributed by atoms with van der Waals surface area (Å²) in [4.78, 5) is 13.3. The molecule has 5 nitrogen and oxygen atoms in total. The van der Waals surface area contributed by atoms with Crippen LogP contribution >= 0.6 is 0 Å². The van der Waals surface area contributed by atoms with Crippen LogP contribution in [0, 0.1) is 0 Å². The number of carboxylic acids is 1. The van der Waals surface area contributed by atoms with Gasteiger partial charge >= 0.3 is 5.97 Å². The fourth-order valence-corrected chi connectivity index (χ4v) is 2.35. The van der Waals surface area contributed by atoms with E-state index in [4.69, 9.17) is 5.11 Å². The Labute approximate surface area is 102 Å². The van der Waals surface area contributed by atoms with Crippen LogP contribution in [0.1, 0.15) is 11.7 Å². The standard InChI is InChI=1S/C11H10FNO4S/c1-18(16,17)6-2-3-7-8(10(12)11(14)15)5-13-9(7)4-6/h2-5,10,13H,1H3,(H,14,15). The SMILES string of the molecule is CS(=O)(=O)c1ccc2c(C(F)C(=O)O)c[nH]c2c1. The number of fused-ring (bicyclic) bond motifs is 1. The van der Waals surface area contributed by atoms with E-state index in [0.717, 1.165) is 6.26 Å². The van der Waals surface area contributed by atoms with Crippen molar-refractivity contribution < 1.29 is 22.7 Å². The van der Waals surface area contributed by atoms with Crippen LogP contribution in [0.25, 0.3) is 10.9 Å². The number of H-pyrrole nitrogens is 1. The van der Waals surface area contributed by atoms with Gasteiger partial charge in [-0.3, -0.25) is 0 Å². The highest BCUT2D eigenvalue weighted by molar-refractivity contribution is 7.90. The first-order valence-electron chi connectivity index (χ1n) is 4.98. The second-order valence-corrected chi connectivity index (χ2v) is 5.94. The number of halogens is 1. The summed E-state index contributed by atoms with van der Waals surface area (Å²) >= 11 is 0. The first-order chi connectivity index (χ1) is 8.30. The number of aromatic nitrogens is 1. The zero-order chi connectivity index (χ0) is 13.5. The van der Waals surface area contributed by atoms with Crippen LogP contribution in [0.4, 0.5) is 4.39 Å². The molecule has 96 valence electrons. The Morgan fingerprint density at radius 1 is 1.44 bits per heavy atom. The molecule has 2 N–H and O–H groups in total. The van der Waals surface area contributed by atoms with Crippen LogP contribution in [-0.4, -0.2) is 30.7 Å². The minimum absolute atomic E-state index is 0.0162. The Morgan fingerprint density at radius 3 is 2.67 bits per heavy atom. The molecule has 2 rings (SSSR count). The van der Waals surface area contributed by atoms with Gasteiger partial charge in [-0.2, -0.15) is 0 Å². The Morgan fingerprint density at radius 2 is 2.11 bits per heavy atom. The van der Waals surface area contributed by atoms with Crippen molar-refractivity contribution in [1.29, 1.82) is 0 Å². The molecule has 0 aliphatic heterocycles. The number of nitrogens with one attached hydrogen (secondary N) is 1. The van der Waals surface area contributed by atoms with E-state index in [2.05, 4.69) is 4.98 Å². The normalized spacial score (nSPS) is 13.7. The van der Waals surface area contributed by atoms with Gasteiger partial charge in [0.05, 0.1) is 4.90 Å². The zero-order valence-corrected chi connectivity index (χ0v) is 10.2. The molecule has 1 unspecified atom stereocenters. The number of carbonyl (C=O) groups is 1. The van der Waals surface area contributed by atoms with E-state index in [1.807, 2.05) is 0 Å². The van der Waals surface area contributed by atoms with Crippen molar-refractivity contribution in [1.82, 2.24) is 4.98 Å². The van der Waals surface area contributed by atoms with Gasteiger partial charge in [0.15, 0.2) is 9.84 Å². The first-order valence-corrected chi connectivity index (χ1v) is 6.88. The van der Waals surface area contributed by atoms with Crippen molar-refractivity contribution in [2.75, 3.05) is 6.26 Å². The number of aromatic amines is 1. The molecular formula is C11H10FNO4S. The summed E-state index contributed by atoms with van der Waals surface area (Å²) in [5.41, 5.74) is 0.370. The molecule has 1 heterocycles. The van der Waals surface area contributed by atoms with Crippen molar-refractivity contribution in [2.45, 2.75) is 11.1 Å². The van der Waals surface area contributed by atoms with E-state index in [0.29, 0.717) is 10.9 Å². The van der Waals surface area contributed by atoms with Crippen LogP contribution in [0.5, 0.6) is 0 Å². The maximum absolute atomic E-state index is 13.4. The summed E-state index contributed by atoms with van der Waals surface area (Å²) in [6.45, 7) is 0. The fourth-order valence-electron chi connectivity index (χ4n) is 1.70. The molecule has 1 atom stereocenters. The highest BCUT2D eigenvalue weighted by atomic mass is 32.2. The first kappa shape index (κ1) is 12.6. The second kappa shape index (κ2) is 4.09. The summed E-state index contributed by atoms with van der Waals surface area (Å²) in [6, 6.07) is 4.07. The van der Waals surface area contributed by atoms with Gasteiger partial charge in [0.2, 0.25) is 6.17 Å². The summed E-state index contributed by atoms with van der Waals surface area (Å²) in [5, 5.41) is 8.97. The average molecular weight is 271 g/mol. The van der Waals surface area contributed by atoms with Gasteiger partial charge in [-0.15, -0.1) is 0 Å². The molecular weight excluding hydrogens is 261 g/mol. The minimum Gasteiger partial charge on any atom is -0.479 e. The lowest BCUT2D eigenvalue weighted by Gasteiger charge is -2.02. The van der Waals surface area contributed by atoms with Crippen LogP contribution in [0.2, 0.25) is 0 Å². The van der Waals surface area contributed by atoms with Crippen LogP contribution < -0.4 is 0 Å². The number of carboxylic acid groups (broad SMARTS) is 1. The van der Waals surface area contributed by atoms with Gasteiger partial charge in [0.1, 0.15) is 0 Å². The van der Waals surface area contributed by atoms with Crippen LogP contribution in [0.15, 0.2) is 29.3 Å². The van der Waals surface area contributed by atoms with Crippen molar-refractivity contribution in [3.63, 3.8) is 0 Å². The van der Waals surface area contributed by atoms with Crippen LogP contribution in [0.3, 0.4) is 0 Å². The Bertz CT molecular complexity index is 720. The molecule has 0 amide bonds. The number of sulfone groups is 1. The second-order valence-electron chi connectivity index (χ2n) is 3.92. The van der Waals surface area contributed by atoms with E-state index in [1.165, 1.54) is 24.4 Å². The molecule has 1 aromatic carbocycles. The third kappa shape index (κ3) is 2.08. The lowest BCUT2D eigenvalue weighted by Crippen LogP contribution is -2.05. The third-order valence-electron chi connectivity index (χ3n) is 2.60. The maximum atomic E-state index is 13.4. The highest BCUT2D eigenvalue weighted by Gasteiger charge is 2.22. The van der Waals surface area contributed by atoms with Crippen molar-refractivity contribution in [3.05, 3.63) is 30.0 Å². The van der Waals surface area contributed by atoms with Crippen molar-refractivity contribution >= 4 is 26.7 Å². The zero-order valence-electron chi connectivity index (χ0n) is 9.34. The third-order valence-corrected chi connectivity index (χ3v) is 3.71. The molecule has 18 heavy (non-hydrogen) atoms. The van der Waals surface area contributed by atoms with E-state index < -0.39 is 22.0 Å². The highest BCUT2D eigenvalue weighted by Crippen LogP contribution is 2.28. The van der Waals surface area contributed by atoms with E-state index in [-0.39, 0.29) is 10.5 Å². The molecule has 1 aromatic heterocycles. The summed E-state index contributed by atoms with van der Waals surface area (Å²) in [5.74, 6) is -1.58. The largest absolute Gasteiger partial charge is 0.479 e. The predicted octanol–water partition coefficient (Wildman–Crippen LogP) is 1.67. The molecule has 0 aliphatic rings. The van der Waals surface area contributed by atoms with Gasteiger partial charge < -0.3 is 10.1 Å². The Hall–Kier alpha value is -1.89. The molecule has 0 saturated carbocycles. The number of aliphatic carboxylic acids is 1. The van der Waals surface area contributed by atoms with Gasteiger partial charge in [-0.1, -0.05) is 6.07 Å². The van der Waals surface area contributed by atoms with Crippen molar-refractivity contribution in [2.24, 2.45) is 0 Å². The Balaban J connectivity index is 2.61. The number of benzene rings is 1. The van der Waals surface area contributed by atoms with Gasteiger partial charge in [0, 0.05) is 28.9 Å². The number of rotatable bonds is 3. The average Bonchev–Trinajstić information content (AvgIpc) is 2.69. The number of hydrogen-bond acceptors (Lipinski definition) is 3. The molecule has 0 bridgehead atoms. The minimum atomic E-state index is -3.35. The summed E-state index contributed by atoms with van der Waals surface area (Å²) in [7, 11) is -3.35. The van der Waals surface area contributed by atoms with Crippen molar-refractivity contribution in [3.8, 4) is 0 Å². The molecule has 7 heteroatoms. The van der Waals surface area contributed by atoms with Gasteiger partial charge in [-0.25, -0.2) is 17.6 Å². The summed E-state index contributed by atoms with van der Waals surface area (Å²) in [6.07, 6.45) is 0.158. The molecule has 0 radical (unpaired) electrons. The Kier molecular flexibility index (Phi) is 2.86. The smallest absolute Gasteiger partial charge is 0.343 e. The van der Waals surface area contributed by atoms with Gasteiger partial charge in [0.25, 0.3) is 0 Å². The van der Waals surface area contributed by atoms with E-state index in [9.17, 15) is 17.6 Å². The quantitative estimate of drug-likeness (QED) is 0.888. The lowest BCUT2D eigenvalue weighted by atomic mass is 10.1. The van der Waals surface area contributed by atoms with Crippen LogP contribution in [-0.2, 0) is 14.6 Å². The molecule has 0 aliphatic carbocycles. The lowest BCUT2D eigenvalue weighted by molar-refractivity contribution is -0.142. The molecule has 2 aromatic rings. The molecule has 0 saturated heterocycles. The predicted molar refractivity (Wildman–Crippen MR) is 62.9 cm³/mol. The molecule has 0 spiro atoms. The fraction of sp³-hybridized carbons (Fsp3) is 0.182. The molecule has 0 fully saturated rings. The summed E-state index contributed by atoms with van der Waals surface area (Å²) < 4.78 is 36.1. The number of hydrogen-bond donors (Lipinski definition) is 2. The van der Waals surface area contributed by atoms with Gasteiger partial charge in [-0.05, 0) is 12.1 Å². The van der Waals surface area contributed by atoms with E-state index in [1.54, 1.807) is 0 Å². The monoisotopic (exact) mass is 271 g/mol. The van der Waals surface area contributed by atoms with E-state index >= 15 is 0 Å². The maximum Gasteiger partial charge on any atom is 0.343 e. The number of alkyl halides is 1.